The Morgan fingerprint density at radius 1 is 0.686 bits per heavy atom. The molecule has 8 unspecified atom stereocenters. The Labute approximate surface area is 291 Å². The van der Waals surface area contributed by atoms with Crippen molar-refractivity contribution in [3.05, 3.63) is 0 Å². The van der Waals surface area contributed by atoms with Crippen LogP contribution in [0.5, 0.6) is 0 Å². The van der Waals surface area contributed by atoms with Gasteiger partial charge in [0.25, 0.3) is 45.6 Å². The van der Waals surface area contributed by atoms with E-state index < -0.39 is 101 Å². The van der Waals surface area contributed by atoms with Crippen LogP contribution in [-0.2, 0) is 62.4 Å². The van der Waals surface area contributed by atoms with E-state index in [-0.39, 0.29) is 33.7 Å². The first kappa shape index (κ1) is 42.1. The Kier molecular flexibility index (Phi) is 11.5. The van der Waals surface area contributed by atoms with Gasteiger partial charge in [-0.2, -0.15) is 35.1 Å². The number of nitrogens with zero attached hydrogens (tertiary/aromatic N) is 3. The molecule has 5 fully saturated rings. The monoisotopic (exact) mass is 775 g/mol. The van der Waals surface area contributed by atoms with Crippen LogP contribution in [0.1, 0.15) is 74.7 Å². The van der Waals surface area contributed by atoms with Crippen molar-refractivity contribution in [3.8, 4) is 0 Å². The number of carbonyl (C=O) groups excluding carboxylic acids is 7. The van der Waals surface area contributed by atoms with Crippen molar-refractivity contribution in [2.24, 2.45) is 52.3 Å². The van der Waals surface area contributed by atoms with Crippen LogP contribution in [0.3, 0.4) is 0 Å². The first-order valence-electron chi connectivity index (χ1n) is 15.8. The number of carbonyl (C=O) groups is 7. The Morgan fingerprint density at radius 2 is 1.04 bits per heavy atom. The van der Waals surface area contributed by atoms with Crippen molar-refractivity contribution in [3.63, 3.8) is 0 Å². The van der Waals surface area contributed by atoms with Crippen molar-refractivity contribution in [1.29, 1.82) is 0 Å². The summed E-state index contributed by atoms with van der Waals surface area (Å²) in [6.45, 7) is 12.8. The highest BCUT2D eigenvalue weighted by Gasteiger charge is 2.66. The molecule has 0 spiro atoms. The SMILES string of the molecule is CC1C(=O)N(O)C(=O)C1C.CC1C(=O)N(OS(=O)(=O)C(F)(F)F)C(=O)C1C.CC1C(=O)N(OS(=O)(=O)CC23CCC(CC2=O)C3(C)C)C(=O)C1C. The number of halogens is 3. The lowest BCUT2D eigenvalue weighted by Crippen LogP contribution is -2.44. The molecule has 3 heterocycles. The van der Waals surface area contributed by atoms with Crippen LogP contribution >= 0.6 is 0 Å². The lowest BCUT2D eigenvalue weighted by atomic mass is 9.70. The minimum Gasteiger partial charge on any atom is -0.299 e. The van der Waals surface area contributed by atoms with Gasteiger partial charge >= 0.3 is 15.6 Å². The molecule has 5 rings (SSSR count). The fraction of sp³-hybridized carbons (Fsp3) is 0.759. The van der Waals surface area contributed by atoms with E-state index in [1.165, 1.54) is 13.8 Å². The number of imide groups is 3. The lowest BCUT2D eigenvalue weighted by Gasteiger charge is -2.35. The topological polar surface area (TPSA) is 236 Å². The van der Waals surface area contributed by atoms with E-state index in [4.69, 9.17) is 9.49 Å². The van der Waals surface area contributed by atoms with Gasteiger partial charge in [-0.15, -0.1) is 18.7 Å². The highest BCUT2D eigenvalue weighted by atomic mass is 32.2. The fourth-order valence-corrected chi connectivity index (χ4v) is 8.71. The molecule has 22 heteroatoms. The first-order chi connectivity index (χ1) is 23.0. The van der Waals surface area contributed by atoms with E-state index in [1.54, 1.807) is 27.7 Å². The molecule has 0 aromatic carbocycles. The largest absolute Gasteiger partial charge is 0.525 e. The minimum atomic E-state index is -6.01. The molecule has 3 aliphatic heterocycles. The van der Waals surface area contributed by atoms with Crippen molar-refractivity contribution in [1.82, 2.24) is 15.2 Å². The summed E-state index contributed by atoms with van der Waals surface area (Å²) >= 11 is 0. The first-order valence-corrected chi connectivity index (χ1v) is 18.7. The number of hydroxylamine groups is 6. The van der Waals surface area contributed by atoms with E-state index in [1.807, 2.05) is 13.8 Å². The molecule has 6 amide bonds. The highest BCUT2D eigenvalue weighted by molar-refractivity contribution is 7.87. The second kappa shape index (κ2) is 13.9. The van der Waals surface area contributed by atoms with Gasteiger partial charge in [-0.1, -0.05) is 55.4 Å². The molecule has 2 aliphatic carbocycles. The van der Waals surface area contributed by atoms with E-state index in [0.29, 0.717) is 17.9 Å². The van der Waals surface area contributed by atoms with Gasteiger partial charge in [0.05, 0.1) is 11.2 Å². The normalized spacial score (nSPS) is 33.6. The molecule has 8 atom stereocenters. The standard InChI is InChI=1S/C16H23NO6S.C7H8F3NO5S.C6H9NO3/c1-9-10(2)14(20)17(13(9)19)23-24(21,22)8-16-6-5-11(7-12(16)18)15(16,3)4;1-3-4(2)6(13)11(5(3)12)16-17(14,15)7(8,9)10;1-3-4(2)6(9)7(10)5(3)8/h9-11H,5-8H2,1-4H3;3-4H,1-2H3;3-4,10H,1-2H3. The zero-order chi connectivity index (χ0) is 39.6. The Bertz CT molecular complexity index is 1690. The number of hydrogen-bond acceptors (Lipinski definition) is 14. The Morgan fingerprint density at radius 3 is 1.31 bits per heavy atom. The van der Waals surface area contributed by atoms with Crippen LogP contribution in [0, 0.1) is 52.3 Å². The maximum atomic E-state index is 12.5. The van der Waals surface area contributed by atoms with E-state index in [2.05, 4.69) is 4.28 Å². The molecule has 0 aromatic heterocycles. The third-order valence-corrected chi connectivity index (χ3v) is 13.1. The predicted molar refractivity (Wildman–Crippen MR) is 162 cm³/mol. The second-order valence-corrected chi connectivity index (χ2v) is 17.2. The smallest absolute Gasteiger partial charge is 0.299 e. The van der Waals surface area contributed by atoms with Crippen molar-refractivity contribution in [2.45, 2.75) is 80.2 Å². The summed E-state index contributed by atoms with van der Waals surface area (Å²) < 4.78 is 90.6. The summed E-state index contributed by atoms with van der Waals surface area (Å²) in [5.74, 6) is -8.76. The van der Waals surface area contributed by atoms with Gasteiger partial charge in [-0.05, 0) is 24.2 Å². The van der Waals surface area contributed by atoms with Gasteiger partial charge in [0.2, 0.25) is 0 Å². The lowest BCUT2D eigenvalue weighted by molar-refractivity contribution is -0.173. The summed E-state index contributed by atoms with van der Waals surface area (Å²) in [7, 11) is -10.3. The maximum absolute atomic E-state index is 12.5. The van der Waals surface area contributed by atoms with Gasteiger partial charge in [-0.25, -0.2) is 0 Å². The molecular weight excluding hydrogens is 735 g/mol. The molecule has 288 valence electrons. The number of amides is 6. The van der Waals surface area contributed by atoms with Gasteiger partial charge in [-0.3, -0.25) is 38.8 Å². The van der Waals surface area contributed by atoms with Gasteiger partial charge < -0.3 is 0 Å². The summed E-state index contributed by atoms with van der Waals surface area (Å²) in [5.41, 5.74) is -7.11. The molecule has 1 N–H and O–H groups in total. The van der Waals surface area contributed by atoms with Crippen molar-refractivity contribution in [2.75, 3.05) is 5.75 Å². The quantitative estimate of drug-likeness (QED) is 0.230. The summed E-state index contributed by atoms with van der Waals surface area (Å²) in [5, 5.41) is 8.96. The van der Waals surface area contributed by atoms with E-state index in [0.717, 1.165) is 6.42 Å². The molecule has 3 saturated heterocycles. The number of rotatable bonds is 6. The van der Waals surface area contributed by atoms with Crippen LogP contribution < -0.4 is 0 Å². The summed E-state index contributed by atoms with van der Waals surface area (Å²) in [4.78, 5) is 80.7. The number of fused-ring (bicyclic) bond motifs is 2. The van der Waals surface area contributed by atoms with Crippen LogP contribution in [0.4, 0.5) is 13.2 Å². The summed E-state index contributed by atoms with van der Waals surface area (Å²) in [6, 6.07) is 0. The molecule has 17 nitrogen and oxygen atoms in total. The van der Waals surface area contributed by atoms with Crippen LogP contribution in [0.25, 0.3) is 0 Å². The molecule has 0 radical (unpaired) electrons. The van der Waals surface area contributed by atoms with E-state index in [9.17, 15) is 63.6 Å². The van der Waals surface area contributed by atoms with Gasteiger partial charge in [0.15, 0.2) is 0 Å². The fourth-order valence-electron chi connectivity index (χ4n) is 6.57. The zero-order valence-electron chi connectivity index (χ0n) is 28.9. The number of ketones is 1. The molecular formula is C29H40F3N3O14S2. The van der Waals surface area contributed by atoms with Crippen molar-refractivity contribution >= 4 is 61.5 Å². The number of hydrogen-bond donors (Lipinski definition) is 1. The number of Topliss-reactive ketones (excluding diaryl/α,β-unsaturated/α-hetero) is 1. The second-order valence-electron chi connectivity index (χ2n) is 14.1. The third-order valence-electron chi connectivity index (χ3n) is 11.0. The van der Waals surface area contributed by atoms with E-state index >= 15 is 0 Å². The Balaban J connectivity index is 0.000000226. The van der Waals surface area contributed by atoms with Crippen LogP contribution in [0.15, 0.2) is 0 Å². The average molecular weight is 776 g/mol. The van der Waals surface area contributed by atoms with Crippen LogP contribution in [0.2, 0.25) is 0 Å². The summed E-state index contributed by atoms with van der Waals surface area (Å²) in [6.07, 6.45) is 1.70. The molecule has 2 bridgehead atoms. The molecule has 5 aliphatic rings. The minimum absolute atomic E-state index is 0.0586. The molecule has 51 heavy (non-hydrogen) atoms. The highest BCUT2D eigenvalue weighted by Crippen LogP contribution is 2.64. The average Bonchev–Trinajstić information content (AvgIpc) is 3.58. The number of alkyl halides is 3. The molecule has 2 saturated carbocycles. The Hall–Kier alpha value is -3.34. The van der Waals surface area contributed by atoms with Crippen LogP contribution in [-0.4, -0.2) is 89.7 Å². The van der Waals surface area contributed by atoms with Gasteiger partial charge in [0, 0.05) is 41.9 Å². The molecule has 0 aromatic rings. The predicted octanol–water partition coefficient (Wildman–Crippen LogP) is 1.71. The van der Waals surface area contributed by atoms with Crippen molar-refractivity contribution < 1.29 is 77.3 Å². The maximum Gasteiger partial charge on any atom is 0.525 e. The third kappa shape index (κ3) is 7.33. The van der Waals surface area contributed by atoms with Gasteiger partial charge in [0.1, 0.15) is 5.78 Å². The zero-order valence-corrected chi connectivity index (χ0v) is 30.5.